The molecule has 3 rings (SSSR count). The Morgan fingerprint density at radius 3 is 2.45 bits per heavy atom. The summed E-state index contributed by atoms with van der Waals surface area (Å²) in [6.45, 7) is 5.81. The lowest BCUT2D eigenvalue weighted by molar-refractivity contribution is -0.159. The molecule has 7 heteroatoms. The highest BCUT2D eigenvalue weighted by Crippen LogP contribution is 2.47. The van der Waals surface area contributed by atoms with Crippen molar-refractivity contribution in [2.24, 2.45) is 0 Å². The molecule has 0 unspecified atom stereocenters. The minimum absolute atomic E-state index is 0.167. The van der Waals surface area contributed by atoms with Crippen molar-refractivity contribution in [3.63, 3.8) is 0 Å². The molecule has 0 amide bonds. The van der Waals surface area contributed by atoms with Crippen molar-refractivity contribution in [1.29, 1.82) is 0 Å². The fraction of sp³-hybridized carbons (Fsp3) is 0.417. The molecule has 0 atom stereocenters. The van der Waals surface area contributed by atoms with Crippen LogP contribution in [-0.4, -0.2) is 38.4 Å². The SMILES string of the molecule is CCCCOC(=O)C(C)(C)Oc1c(-c2cccc3c2COC3=O)ccc(OC)c1OC. The summed E-state index contributed by atoms with van der Waals surface area (Å²) in [4.78, 5) is 24.7. The second kappa shape index (κ2) is 9.29. The van der Waals surface area contributed by atoms with E-state index in [9.17, 15) is 9.59 Å². The summed E-state index contributed by atoms with van der Waals surface area (Å²) < 4.78 is 27.8. The van der Waals surface area contributed by atoms with Crippen molar-refractivity contribution in [2.45, 2.75) is 45.8 Å². The second-order valence-electron chi connectivity index (χ2n) is 7.69. The maximum absolute atomic E-state index is 12.7. The second-order valence-corrected chi connectivity index (χ2v) is 7.69. The van der Waals surface area contributed by atoms with Gasteiger partial charge in [-0.3, -0.25) is 0 Å². The Bertz CT molecular complexity index is 978. The maximum Gasteiger partial charge on any atom is 0.349 e. The van der Waals surface area contributed by atoms with Gasteiger partial charge in [0.25, 0.3) is 0 Å². The summed E-state index contributed by atoms with van der Waals surface area (Å²) in [5.74, 6) is 0.286. The van der Waals surface area contributed by atoms with E-state index in [4.69, 9.17) is 23.7 Å². The zero-order valence-electron chi connectivity index (χ0n) is 18.6. The highest BCUT2D eigenvalue weighted by Gasteiger charge is 2.35. The van der Waals surface area contributed by atoms with Crippen molar-refractivity contribution < 1.29 is 33.3 Å². The van der Waals surface area contributed by atoms with Gasteiger partial charge in [-0.2, -0.15) is 0 Å². The summed E-state index contributed by atoms with van der Waals surface area (Å²) in [6.07, 6.45) is 1.70. The zero-order chi connectivity index (χ0) is 22.6. The van der Waals surface area contributed by atoms with E-state index in [0.29, 0.717) is 35.0 Å². The molecule has 7 nitrogen and oxygen atoms in total. The molecular weight excluding hydrogens is 400 g/mol. The molecule has 0 N–H and O–H groups in total. The van der Waals surface area contributed by atoms with E-state index < -0.39 is 11.6 Å². The minimum Gasteiger partial charge on any atom is -0.493 e. The van der Waals surface area contributed by atoms with Crippen LogP contribution in [0.25, 0.3) is 11.1 Å². The number of hydrogen-bond donors (Lipinski definition) is 0. The minimum atomic E-state index is -1.29. The highest BCUT2D eigenvalue weighted by atomic mass is 16.6. The topological polar surface area (TPSA) is 80.3 Å². The smallest absolute Gasteiger partial charge is 0.349 e. The Morgan fingerprint density at radius 1 is 1.03 bits per heavy atom. The van der Waals surface area contributed by atoms with Gasteiger partial charge >= 0.3 is 11.9 Å². The first-order valence-electron chi connectivity index (χ1n) is 10.2. The molecule has 0 bridgehead atoms. The Labute approximate surface area is 182 Å². The van der Waals surface area contributed by atoms with Gasteiger partial charge in [0.05, 0.1) is 26.4 Å². The molecule has 0 saturated heterocycles. The van der Waals surface area contributed by atoms with Crippen LogP contribution in [0.15, 0.2) is 30.3 Å². The quantitative estimate of drug-likeness (QED) is 0.428. The van der Waals surface area contributed by atoms with E-state index in [-0.39, 0.29) is 12.6 Å². The number of benzene rings is 2. The molecule has 0 radical (unpaired) electrons. The molecule has 1 aliphatic heterocycles. The number of methoxy groups -OCH3 is 2. The first-order valence-corrected chi connectivity index (χ1v) is 10.2. The average molecular weight is 428 g/mol. The van der Waals surface area contributed by atoms with Crippen LogP contribution in [0.4, 0.5) is 0 Å². The lowest BCUT2D eigenvalue weighted by Crippen LogP contribution is -2.40. The van der Waals surface area contributed by atoms with Gasteiger partial charge in [-0.15, -0.1) is 0 Å². The van der Waals surface area contributed by atoms with Gasteiger partial charge in [0.1, 0.15) is 6.61 Å². The molecule has 0 spiro atoms. The fourth-order valence-electron chi connectivity index (χ4n) is 3.39. The number of unbranched alkanes of at least 4 members (excludes halogenated alkanes) is 1. The van der Waals surface area contributed by atoms with Gasteiger partial charge in [0.15, 0.2) is 17.1 Å². The number of rotatable bonds is 9. The third kappa shape index (κ3) is 4.45. The maximum atomic E-state index is 12.7. The van der Waals surface area contributed by atoms with Crippen LogP contribution in [0.2, 0.25) is 0 Å². The Balaban J connectivity index is 2.09. The van der Waals surface area contributed by atoms with Crippen LogP contribution in [0.5, 0.6) is 17.2 Å². The predicted octanol–water partition coefficient (Wildman–Crippen LogP) is 4.54. The lowest BCUT2D eigenvalue weighted by Gasteiger charge is -2.27. The molecule has 1 heterocycles. The number of hydrogen-bond acceptors (Lipinski definition) is 7. The van der Waals surface area contributed by atoms with E-state index in [1.54, 1.807) is 32.0 Å². The number of esters is 2. The van der Waals surface area contributed by atoms with Crippen LogP contribution in [-0.2, 0) is 20.9 Å². The van der Waals surface area contributed by atoms with Crippen LogP contribution in [0, 0.1) is 0 Å². The van der Waals surface area contributed by atoms with Gasteiger partial charge < -0.3 is 23.7 Å². The lowest BCUT2D eigenvalue weighted by atomic mass is 9.95. The van der Waals surface area contributed by atoms with Crippen molar-refractivity contribution in [3.8, 4) is 28.4 Å². The van der Waals surface area contributed by atoms with Crippen molar-refractivity contribution in [1.82, 2.24) is 0 Å². The van der Waals surface area contributed by atoms with Gasteiger partial charge in [-0.25, -0.2) is 9.59 Å². The third-order valence-corrected chi connectivity index (χ3v) is 5.11. The molecule has 1 aliphatic rings. The largest absolute Gasteiger partial charge is 0.493 e. The average Bonchev–Trinajstić information content (AvgIpc) is 3.14. The normalized spacial score (nSPS) is 12.7. The summed E-state index contributed by atoms with van der Waals surface area (Å²) in [5, 5.41) is 0. The Hall–Kier alpha value is -3.22. The standard InChI is InChI=1S/C24H28O7/c1-6-7-13-29-23(26)24(2,3)31-20-16(11-12-19(27-4)21(20)28-5)15-9-8-10-17-18(15)14-30-22(17)25/h8-12H,6-7,13-14H2,1-5H3. The first-order chi connectivity index (χ1) is 14.8. The number of cyclic esters (lactones) is 1. The molecule has 166 valence electrons. The Morgan fingerprint density at radius 2 is 1.77 bits per heavy atom. The molecule has 0 fully saturated rings. The molecule has 0 aromatic heterocycles. The molecule has 2 aromatic carbocycles. The van der Waals surface area contributed by atoms with Crippen LogP contribution in [0.3, 0.4) is 0 Å². The van der Waals surface area contributed by atoms with E-state index in [0.717, 1.165) is 24.0 Å². The fourth-order valence-corrected chi connectivity index (χ4v) is 3.39. The number of ether oxygens (including phenoxy) is 5. The third-order valence-electron chi connectivity index (χ3n) is 5.11. The van der Waals surface area contributed by atoms with E-state index >= 15 is 0 Å². The predicted molar refractivity (Wildman–Crippen MR) is 115 cm³/mol. The van der Waals surface area contributed by atoms with Crippen molar-refractivity contribution in [2.75, 3.05) is 20.8 Å². The van der Waals surface area contributed by atoms with Crippen LogP contribution >= 0.6 is 0 Å². The summed E-state index contributed by atoms with van der Waals surface area (Å²) in [7, 11) is 3.03. The molecular formula is C24H28O7. The zero-order valence-corrected chi connectivity index (χ0v) is 18.6. The summed E-state index contributed by atoms with van der Waals surface area (Å²) in [5.41, 5.74) is 1.40. The van der Waals surface area contributed by atoms with Gasteiger partial charge in [-0.05, 0) is 44.0 Å². The molecule has 31 heavy (non-hydrogen) atoms. The summed E-state index contributed by atoms with van der Waals surface area (Å²) >= 11 is 0. The van der Waals surface area contributed by atoms with Crippen LogP contribution < -0.4 is 14.2 Å². The number of carbonyl (C=O) groups is 2. The monoisotopic (exact) mass is 428 g/mol. The van der Waals surface area contributed by atoms with Gasteiger partial charge in [-0.1, -0.05) is 25.5 Å². The molecule has 0 saturated carbocycles. The highest BCUT2D eigenvalue weighted by molar-refractivity contribution is 5.96. The van der Waals surface area contributed by atoms with Crippen molar-refractivity contribution in [3.05, 3.63) is 41.5 Å². The molecule has 2 aromatic rings. The van der Waals surface area contributed by atoms with E-state index in [1.807, 2.05) is 19.1 Å². The molecule has 0 aliphatic carbocycles. The Kier molecular flexibility index (Phi) is 6.73. The van der Waals surface area contributed by atoms with Gasteiger partial charge in [0, 0.05) is 11.1 Å². The van der Waals surface area contributed by atoms with E-state index in [1.165, 1.54) is 14.2 Å². The number of fused-ring (bicyclic) bond motifs is 1. The summed E-state index contributed by atoms with van der Waals surface area (Å²) in [6, 6.07) is 8.95. The van der Waals surface area contributed by atoms with Crippen molar-refractivity contribution >= 4 is 11.9 Å². The van der Waals surface area contributed by atoms with Crippen LogP contribution in [0.1, 0.15) is 49.5 Å². The number of carbonyl (C=O) groups excluding carboxylic acids is 2. The first kappa shape index (κ1) is 22.5. The van der Waals surface area contributed by atoms with E-state index in [2.05, 4.69) is 0 Å². The van der Waals surface area contributed by atoms with Gasteiger partial charge in [0.2, 0.25) is 5.75 Å².